The third-order valence-corrected chi connectivity index (χ3v) is 5.32. The summed E-state index contributed by atoms with van der Waals surface area (Å²) in [5.74, 6) is 0. The molecule has 1 aliphatic rings. The van der Waals surface area contributed by atoms with Crippen molar-refractivity contribution >= 4 is 15.7 Å². The van der Waals surface area contributed by atoms with E-state index in [1.54, 1.807) is 18.2 Å². The van der Waals surface area contributed by atoms with Crippen LogP contribution in [0.1, 0.15) is 39.0 Å². The van der Waals surface area contributed by atoms with Gasteiger partial charge in [-0.05, 0) is 36.5 Å². The van der Waals surface area contributed by atoms with E-state index in [2.05, 4.69) is 11.6 Å². The number of nitrogens with one attached hydrogen (secondary N) is 1. The number of sulfonamides is 1. The normalized spacial score (nSPS) is 19.2. The molecule has 0 radical (unpaired) electrons. The second-order valence-corrected chi connectivity index (χ2v) is 7.54. The fourth-order valence-corrected chi connectivity index (χ4v) is 3.87. The molecule has 0 amide bonds. The molecule has 0 unspecified atom stereocenters. The standard InChI is InChI=1S/C14H22N2O2S/c1-14(8-3-2-4-9-14)11-16-19(17,18)13-7-5-6-12(15)10-13/h5-7,10,16H,2-4,8-9,11,15H2,1H3. The fraction of sp³-hybridized carbons (Fsp3) is 0.571. The molecular formula is C14H22N2O2S. The van der Waals surface area contributed by atoms with Crippen molar-refractivity contribution in [2.24, 2.45) is 5.41 Å². The number of hydrogen-bond donors (Lipinski definition) is 2. The lowest BCUT2D eigenvalue weighted by atomic mass is 9.76. The van der Waals surface area contributed by atoms with Crippen molar-refractivity contribution < 1.29 is 8.42 Å². The molecule has 19 heavy (non-hydrogen) atoms. The van der Waals surface area contributed by atoms with E-state index >= 15 is 0 Å². The smallest absolute Gasteiger partial charge is 0.240 e. The molecule has 1 saturated carbocycles. The molecule has 4 nitrogen and oxygen atoms in total. The third-order valence-electron chi connectivity index (χ3n) is 3.92. The van der Waals surface area contributed by atoms with E-state index in [0.29, 0.717) is 12.2 Å². The second-order valence-electron chi connectivity index (χ2n) is 5.77. The maximum atomic E-state index is 12.2. The van der Waals surface area contributed by atoms with Crippen molar-refractivity contribution in [2.75, 3.05) is 12.3 Å². The molecular weight excluding hydrogens is 260 g/mol. The van der Waals surface area contributed by atoms with Gasteiger partial charge in [0.15, 0.2) is 0 Å². The Morgan fingerprint density at radius 2 is 1.95 bits per heavy atom. The highest BCUT2D eigenvalue weighted by molar-refractivity contribution is 7.89. The lowest BCUT2D eigenvalue weighted by molar-refractivity contribution is 0.219. The van der Waals surface area contributed by atoms with E-state index in [1.807, 2.05) is 0 Å². The minimum atomic E-state index is -3.45. The van der Waals surface area contributed by atoms with Crippen molar-refractivity contribution in [1.29, 1.82) is 0 Å². The van der Waals surface area contributed by atoms with E-state index in [1.165, 1.54) is 25.3 Å². The number of nitrogen functional groups attached to an aromatic ring is 1. The summed E-state index contributed by atoms with van der Waals surface area (Å²) in [5, 5.41) is 0. The maximum Gasteiger partial charge on any atom is 0.240 e. The van der Waals surface area contributed by atoms with Crippen LogP contribution in [0, 0.1) is 5.41 Å². The zero-order valence-electron chi connectivity index (χ0n) is 11.4. The average Bonchev–Trinajstić information content (AvgIpc) is 2.38. The van der Waals surface area contributed by atoms with Crippen molar-refractivity contribution in [3.05, 3.63) is 24.3 Å². The van der Waals surface area contributed by atoms with Crippen molar-refractivity contribution in [1.82, 2.24) is 4.72 Å². The van der Waals surface area contributed by atoms with Crippen LogP contribution in [-0.2, 0) is 10.0 Å². The van der Waals surface area contributed by atoms with Gasteiger partial charge in [0, 0.05) is 12.2 Å². The molecule has 0 heterocycles. The Labute approximate surface area is 115 Å². The lowest BCUT2D eigenvalue weighted by Crippen LogP contribution is -2.37. The van der Waals surface area contributed by atoms with Gasteiger partial charge in [0.2, 0.25) is 10.0 Å². The number of nitrogens with two attached hydrogens (primary N) is 1. The van der Waals surface area contributed by atoms with Gasteiger partial charge in [0.05, 0.1) is 4.90 Å². The van der Waals surface area contributed by atoms with E-state index < -0.39 is 10.0 Å². The zero-order valence-corrected chi connectivity index (χ0v) is 12.2. The van der Waals surface area contributed by atoms with Gasteiger partial charge in [-0.3, -0.25) is 0 Å². The van der Waals surface area contributed by atoms with Gasteiger partial charge >= 0.3 is 0 Å². The summed E-state index contributed by atoms with van der Waals surface area (Å²) in [6.45, 7) is 2.66. The highest BCUT2D eigenvalue weighted by atomic mass is 32.2. The Morgan fingerprint density at radius 3 is 2.58 bits per heavy atom. The summed E-state index contributed by atoms with van der Waals surface area (Å²) in [5.41, 5.74) is 6.18. The van der Waals surface area contributed by atoms with Crippen LogP contribution >= 0.6 is 0 Å². The van der Waals surface area contributed by atoms with Crippen LogP contribution in [0.25, 0.3) is 0 Å². The molecule has 106 valence electrons. The van der Waals surface area contributed by atoms with Crippen LogP contribution in [0.15, 0.2) is 29.2 Å². The topological polar surface area (TPSA) is 72.2 Å². The summed E-state index contributed by atoms with van der Waals surface area (Å²) in [6, 6.07) is 6.40. The molecule has 0 aromatic heterocycles. The van der Waals surface area contributed by atoms with Crippen molar-refractivity contribution in [3.8, 4) is 0 Å². The van der Waals surface area contributed by atoms with Gasteiger partial charge in [-0.15, -0.1) is 0 Å². The summed E-state index contributed by atoms with van der Waals surface area (Å²) in [6.07, 6.45) is 5.82. The molecule has 0 saturated heterocycles. The minimum absolute atomic E-state index is 0.0889. The third kappa shape index (κ3) is 3.70. The second kappa shape index (κ2) is 5.51. The van der Waals surface area contributed by atoms with Gasteiger partial charge in [0.25, 0.3) is 0 Å². The van der Waals surface area contributed by atoms with Crippen molar-refractivity contribution in [3.63, 3.8) is 0 Å². The Morgan fingerprint density at radius 1 is 1.26 bits per heavy atom. The molecule has 1 fully saturated rings. The zero-order chi connectivity index (χ0) is 13.9. The van der Waals surface area contributed by atoms with Gasteiger partial charge in [-0.2, -0.15) is 0 Å². The summed E-state index contributed by atoms with van der Waals surface area (Å²) in [7, 11) is -3.45. The maximum absolute atomic E-state index is 12.2. The van der Waals surface area contributed by atoms with Crippen LogP contribution < -0.4 is 10.5 Å². The molecule has 0 atom stereocenters. The van der Waals surface area contributed by atoms with Crippen LogP contribution in [0.3, 0.4) is 0 Å². The Hall–Kier alpha value is -1.07. The Balaban J connectivity index is 2.05. The van der Waals surface area contributed by atoms with Crippen LogP contribution in [0.5, 0.6) is 0 Å². The first-order valence-corrected chi connectivity index (χ1v) is 8.25. The number of benzene rings is 1. The van der Waals surface area contributed by atoms with Crippen LogP contribution in [0.4, 0.5) is 5.69 Å². The highest BCUT2D eigenvalue weighted by Gasteiger charge is 2.28. The Kier molecular flexibility index (Phi) is 4.16. The van der Waals surface area contributed by atoms with Gasteiger partial charge in [0.1, 0.15) is 0 Å². The first-order valence-electron chi connectivity index (χ1n) is 6.77. The molecule has 5 heteroatoms. The fourth-order valence-electron chi connectivity index (χ4n) is 2.62. The Bertz CT molecular complexity index is 534. The quantitative estimate of drug-likeness (QED) is 0.833. The van der Waals surface area contributed by atoms with E-state index in [9.17, 15) is 8.42 Å². The first kappa shape index (κ1) is 14.3. The van der Waals surface area contributed by atoms with E-state index in [4.69, 9.17) is 5.73 Å². The SMILES string of the molecule is CC1(CNS(=O)(=O)c2cccc(N)c2)CCCCC1. The highest BCUT2D eigenvalue weighted by Crippen LogP contribution is 2.35. The van der Waals surface area contributed by atoms with Gasteiger partial charge in [-0.1, -0.05) is 32.3 Å². The number of rotatable bonds is 4. The summed E-state index contributed by atoms with van der Waals surface area (Å²) < 4.78 is 27.1. The number of hydrogen-bond acceptors (Lipinski definition) is 3. The molecule has 3 N–H and O–H groups in total. The molecule has 1 aromatic rings. The van der Waals surface area contributed by atoms with Crippen LogP contribution in [-0.4, -0.2) is 15.0 Å². The summed E-state index contributed by atoms with van der Waals surface area (Å²) in [4.78, 5) is 0.243. The van der Waals surface area contributed by atoms with Crippen LogP contribution in [0.2, 0.25) is 0 Å². The average molecular weight is 282 g/mol. The molecule has 1 aliphatic carbocycles. The minimum Gasteiger partial charge on any atom is -0.399 e. The molecule has 2 rings (SSSR count). The number of anilines is 1. The van der Waals surface area contributed by atoms with Crippen molar-refractivity contribution in [2.45, 2.75) is 43.9 Å². The molecule has 1 aromatic carbocycles. The van der Waals surface area contributed by atoms with Gasteiger partial charge in [-0.25, -0.2) is 13.1 Å². The monoisotopic (exact) mass is 282 g/mol. The first-order chi connectivity index (χ1) is 8.91. The predicted molar refractivity (Wildman–Crippen MR) is 77.2 cm³/mol. The molecule has 0 spiro atoms. The predicted octanol–water partition coefficient (Wildman–Crippen LogP) is 2.52. The molecule has 0 bridgehead atoms. The largest absolute Gasteiger partial charge is 0.399 e. The van der Waals surface area contributed by atoms with E-state index in [0.717, 1.165) is 12.8 Å². The van der Waals surface area contributed by atoms with Gasteiger partial charge < -0.3 is 5.73 Å². The van der Waals surface area contributed by atoms with E-state index in [-0.39, 0.29) is 10.3 Å². The lowest BCUT2D eigenvalue weighted by Gasteiger charge is -2.33. The molecule has 0 aliphatic heterocycles. The summed E-state index contributed by atoms with van der Waals surface area (Å²) >= 11 is 0.